The SMILES string of the molecule is CC[SiH](CC)CCC(N(C)C)N(C)C. The quantitative estimate of drug-likeness (QED) is 0.475. The van der Waals surface area contributed by atoms with Crippen LogP contribution in [0.4, 0.5) is 0 Å². The van der Waals surface area contributed by atoms with Crippen molar-refractivity contribution in [3.63, 3.8) is 0 Å². The van der Waals surface area contributed by atoms with Gasteiger partial charge in [-0.15, -0.1) is 0 Å². The highest BCUT2D eigenvalue weighted by atomic mass is 28.3. The van der Waals surface area contributed by atoms with Crippen molar-refractivity contribution in [1.82, 2.24) is 9.80 Å². The zero-order valence-electron chi connectivity index (χ0n) is 10.9. The molecule has 0 aromatic heterocycles. The van der Waals surface area contributed by atoms with E-state index in [1.165, 1.54) is 24.6 Å². The Morgan fingerprint density at radius 2 is 1.36 bits per heavy atom. The maximum Gasteiger partial charge on any atom is 0.0609 e. The Labute approximate surface area is 91.9 Å². The Hall–Kier alpha value is 0.137. The molecule has 86 valence electrons. The van der Waals surface area contributed by atoms with E-state index < -0.39 is 0 Å². The van der Waals surface area contributed by atoms with Gasteiger partial charge < -0.3 is 0 Å². The summed E-state index contributed by atoms with van der Waals surface area (Å²) < 4.78 is 0. The first-order valence-corrected chi connectivity index (χ1v) is 8.30. The molecule has 0 aliphatic carbocycles. The van der Waals surface area contributed by atoms with E-state index in [9.17, 15) is 0 Å². The van der Waals surface area contributed by atoms with Crippen molar-refractivity contribution < 1.29 is 0 Å². The van der Waals surface area contributed by atoms with Gasteiger partial charge in [-0.2, -0.15) is 0 Å². The first-order chi connectivity index (χ1) is 6.52. The van der Waals surface area contributed by atoms with Gasteiger partial charge in [-0.1, -0.05) is 32.0 Å². The normalized spacial score (nSPS) is 12.4. The molecule has 14 heavy (non-hydrogen) atoms. The van der Waals surface area contributed by atoms with Gasteiger partial charge in [-0.3, -0.25) is 9.80 Å². The molecule has 0 aromatic carbocycles. The second kappa shape index (κ2) is 7.43. The van der Waals surface area contributed by atoms with E-state index in [4.69, 9.17) is 0 Å². The van der Waals surface area contributed by atoms with Crippen molar-refractivity contribution in [3.05, 3.63) is 0 Å². The van der Waals surface area contributed by atoms with Crippen LogP contribution in [0.25, 0.3) is 0 Å². The van der Waals surface area contributed by atoms with Crippen LogP contribution in [0.15, 0.2) is 0 Å². The van der Waals surface area contributed by atoms with Gasteiger partial charge in [0.15, 0.2) is 0 Å². The van der Waals surface area contributed by atoms with Gasteiger partial charge in [0.1, 0.15) is 0 Å². The van der Waals surface area contributed by atoms with Crippen molar-refractivity contribution >= 4 is 8.80 Å². The Kier molecular flexibility index (Phi) is 7.50. The van der Waals surface area contributed by atoms with Gasteiger partial charge in [0, 0.05) is 8.80 Å². The van der Waals surface area contributed by atoms with Crippen molar-refractivity contribution in [2.75, 3.05) is 28.2 Å². The summed E-state index contributed by atoms with van der Waals surface area (Å²) in [4.78, 5) is 4.66. The Balaban J connectivity index is 3.92. The monoisotopic (exact) mass is 216 g/mol. The summed E-state index contributed by atoms with van der Waals surface area (Å²) in [7, 11) is 8.33. The molecule has 0 spiro atoms. The third-order valence-electron chi connectivity index (χ3n) is 3.18. The van der Waals surface area contributed by atoms with Crippen molar-refractivity contribution in [2.24, 2.45) is 0 Å². The van der Waals surface area contributed by atoms with Gasteiger partial charge in [0.25, 0.3) is 0 Å². The van der Waals surface area contributed by atoms with Crippen LogP contribution in [-0.2, 0) is 0 Å². The fraction of sp³-hybridized carbons (Fsp3) is 1.00. The third kappa shape index (κ3) is 5.13. The molecule has 0 heterocycles. The molecule has 0 saturated heterocycles. The van der Waals surface area contributed by atoms with E-state index >= 15 is 0 Å². The summed E-state index contributed by atoms with van der Waals surface area (Å²) in [5.74, 6) is 0. The lowest BCUT2D eigenvalue weighted by Gasteiger charge is -2.31. The number of hydrogen-bond donors (Lipinski definition) is 0. The molecular formula is C11H28N2Si. The second-order valence-corrected chi connectivity index (χ2v) is 8.61. The minimum Gasteiger partial charge on any atom is -0.294 e. The van der Waals surface area contributed by atoms with Crippen LogP contribution in [0, 0.1) is 0 Å². The Bertz CT molecular complexity index is 125. The zero-order chi connectivity index (χ0) is 11.1. The van der Waals surface area contributed by atoms with Crippen LogP contribution < -0.4 is 0 Å². The summed E-state index contributed by atoms with van der Waals surface area (Å²) in [6.45, 7) is 4.72. The highest BCUT2D eigenvalue weighted by molar-refractivity contribution is 6.58. The maximum atomic E-state index is 2.36. The van der Waals surface area contributed by atoms with Crippen LogP contribution in [0.1, 0.15) is 20.3 Å². The van der Waals surface area contributed by atoms with Gasteiger partial charge >= 0.3 is 0 Å². The molecule has 0 unspecified atom stereocenters. The van der Waals surface area contributed by atoms with Crippen LogP contribution in [0.5, 0.6) is 0 Å². The van der Waals surface area contributed by atoms with Gasteiger partial charge in [-0.05, 0) is 34.6 Å². The van der Waals surface area contributed by atoms with E-state index in [0.29, 0.717) is 6.17 Å². The topological polar surface area (TPSA) is 6.48 Å². The number of hydrogen-bond acceptors (Lipinski definition) is 2. The predicted molar refractivity (Wildman–Crippen MR) is 68.7 cm³/mol. The fourth-order valence-corrected chi connectivity index (χ4v) is 4.22. The molecule has 0 rings (SSSR count). The lowest BCUT2D eigenvalue weighted by atomic mass is 10.3. The Morgan fingerprint density at radius 3 is 1.64 bits per heavy atom. The van der Waals surface area contributed by atoms with E-state index in [-0.39, 0.29) is 8.80 Å². The molecular weight excluding hydrogens is 188 g/mol. The highest BCUT2D eigenvalue weighted by Crippen LogP contribution is 2.13. The van der Waals surface area contributed by atoms with Crippen molar-refractivity contribution in [3.8, 4) is 0 Å². The zero-order valence-corrected chi connectivity index (χ0v) is 12.0. The molecule has 3 heteroatoms. The molecule has 2 nitrogen and oxygen atoms in total. The van der Waals surface area contributed by atoms with E-state index in [1.54, 1.807) is 0 Å². The molecule has 0 amide bonds. The third-order valence-corrected chi connectivity index (χ3v) is 6.64. The molecule has 0 aliphatic rings. The summed E-state index contributed by atoms with van der Waals surface area (Å²) in [5.41, 5.74) is 0. The molecule has 0 atom stereocenters. The number of rotatable bonds is 7. The van der Waals surface area contributed by atoms with Crippen LogP contribution in [0.3, 0.4) is 0 Å². The minimum absolute atomic E-state index is 0.384. The molecule has 0 bridgehead atoms. The smallest absolute Gasteiger partial charge is 0.0609 e. The second-order valence-electron chi connectivity index (χ2n) is 4.67. The lowest BCUT2D eigenvalue weighted by molar-refractivity contribution is 0.125. The van der Waals surface area contributed by atoms with E-state index in [0.717, 1.165) is 0 Å². The molecule has 0 fully saturated rings. The fourth-order valence-electron chi connectivity index (χ4n) is 2.06. The standard InChI is InChI=1S/C11H28N2Si/c1-7-14(8-2)10-9-11(12(3)4)13(5)6/h11,14H,7-10H2,1-6H3. The van der Waals surface area contributed by atoms with Crippen molar-refractivity contribution in [1.29, 1.82) is 0 Å². The summed E-state index contributed by atoms with van der Waals surface area (Å²) in [5, 5.41) is 0. The Morgan fingerprint density at radius 1 is 0.929 bits per heavy atom. The first-order valence-electron chi connectivity index (χ1n) is 5.85. The first kappa shape index (κ1) is 14.1. The van der Waals surface area contributed by atoms with Gasteiger partial charge in [0.2, 0.25) is 0 Å². The van der Waals surface area contributed by atoms with Crippen LogP contribution in [0.2, 0.25) is 18.1 Å². The number of nitrogens with zero attached hydrogens (tertiary/aromatic N) is 2. The van der Waals surface area contributed by atoms with Gasteiger partial charge in [0.05, 0.1) is 6.17 Å². The molecule has 0 aliphatic heterocycles. The van der Waals surface area contributed by atoms with Crippen molar-refractivity contribution in [2.45, 2.75) is 44.6 Å². The van der Waals surface area contributed by atoms with E-state index in [2.05, 4.69) is 51.8 Å². The highest BCUT2D eigenvalue weighted by Gasteiger charge is 2.15. The van der Waals surface area contributed by atoms with Crippen LogP contribution in [-0.4, -0.2) is 53.0 Å². The molecule has 0 radical (unpaired) electrons. The van der Waals surface area contributed by atoms with E-state index in [1.807, 2.05) is 0 Å². The minimum atomic E-state index is -0.384. The summed E-state index contributed by atoms with van der Waals surface area (Å²) in [6.07, 6.45) is 1.97. The molecule has 0 N–H and O–H groups in total. The molecule has 0 saturated carbocycles. The molecule has 0 aromatic rings. The largest absolute Gasteiger partial charge is 0.294 e. The van der Waals surface area contributed by atoms with Crippen LogP contribution >= 0.6 is 0 Å². The average molecular weight is 216 g/mol. The lowest BCUT2D eigenvalue weighted by Crippen LogP contribution is -2.41. The summed E-state index contributed by atoms with van der Waals surface area (Å²) in [6, 6.07) is 4.42. The maximum absolute atomic E-state index is 2.36. The van der Waals surface area contributed by atoms with Gasteiger partial charge in [-0.25, -0.2) is 0 Å². The summed E-state index contributed by atoms with van der Waals surface area (Å²) >= 11 is 0. The average Bonchev–Trinajstić information content (AvgIpc) is 2.11. The predicted octanol–water partition coefficient (Wildman–Crippen LogP) is 2.09.